The quantitative estimate of drug-likeness (QED) is 0.178. The first kappa shape index (κ1) is 36.2. The summed E-state index contributed by atoms with van der Waals surface area (Å²) in [5.74, 6) is 0.598. The van der Waals surface area contributed by atoms with E-state index in [1.54, 1.807) is 0 Å². The van der Waals surface area contributed by atoms with Gasteiger partial charge in [0.15, 0.2) is 5.58 Å². The maximum absolute atomic E-state index is 6.76. The van der Waals surface area contributed by atoms with Crippen molar-refractivity contribution in [2.24, 2.45) is 0 Å². The molecule has 0 N–H and O–H groups in total. The molecule has 0 bridgehead atoms. The van der Waals surface area contributed by atoms with E-state index < -0.39 is 0 Å². The molecule has 1 aliphatic carbocycles. The lowest BCUT2D eigenvalue weighted by Gasteiger charge is -2.42. The monoisotopic (exact) mass is 812 g/mol. The summed E-state index contributed by atoms with van der Waals surface area (Å²) in [5, 5.41) is 8.26. The normalized spacial score (nSPS) is 14.8. The Bertz CT molecular complexity index is 3850. The Labute approximate surface area is 364 Å². The van der Waals surface area contributed by atoms with Crippen molar-refractivity contribution in [3.63, 3.8) is 0 Å². The highest BCUT2D eigenvalue weighted by molar-refractivity contribution is 6.36. The van der Waals surface area contributed by atoms with Gasteiger partial charge in [-0.2, -0.15) is 0 Å². The first-order chi connectivity index (χ1) is 30.8. The summed E-state index contributed by atoms with van der Waals surface area (Å²) >= 11 is 0. The van der Waals surface area contributed by atoms with Gasteiger partial charge in [-0.3, -0.25) is 4.57 Å². The lowest BCUT2D eigenvalue weighted by molar-refractivity contribution is 0.332. The van der Waals surface area contributed by atoms with E-state index in [1.807, 2.05) is 12.1 Å². The topological polar surface area (TPSA) is 48.8 Å². The SMILES string of the molecule is CC1(C)CCC(C)(C)c2cc3c(cc21)c1c2ccccc2c2c4ccccc4n(-c4nc(-c5ccccc5-c5ccccc5)c5oc6ccccc6c5n4)c2c1n3-c1ccccc1. The number of nitrogens with zero attached hydrogens (tertiary/aromatic N) is 4. The lowest BCUT2D eigenvalue weighted by atomic mass is 9.63. The number of furan rings is 1. The van der Waals surface area contributed by atoms with E-state index in [0.717, 1.165) is 79.3 Å². The molecule has 4 heterocycles. The maximum Gasteiger partial charge on any atom is 0.236 e. The van der Waals surface area contributed by atoms with Gasteiger partial charge in [0, 0.05) is 38.2 Å². The minimum atomic E-state index is 0.0341. The van der Waals surface area contributed by atoms with Crippen molar-refractivity contribution in [3.8, 4) is 34.0 Å². The minimum absolute atomic E-state index is 0.0341. The van der Waals surface area contributed by atoms with Gasteiger partial charge in [0.1, 0.15) is 16.8 Å². The first-order valence-electron chi connectivity index (χ1n) is 22.1. The molecule has 0 spiro atoms. The number of fused-ring (bicyclic) bond motifs is 14. The van der Waals surface area contributed by atoms with Gasteiger partial charge < -0.3 is 8.98 Å². The summed E-state index contributed by atoms with van der Waals surface area (Å²) in [6.45, 7) is 9.71. The Balaban J connectivity index is 1.27. The Morgan fingerprint density at radius 3 is 1.76 bits per heavy atom. The molecule has 0 aliphatic heterocycles. The summed E-state index contributed by atoms with van der Waals surface area (Å²) in [7, 11) is 0. The van der Waals surface area contributed by atoms with Crippen LogP contribution in [0.4, 0.5) is 0 Å². The molecular weight excluding hydrogens is 769 g/mol. The largest absolute Gasteiger partial charge is 0.452 e. The molecule has 0 radical (unpaired) electrons. The molecule has 12 aromatic rings. The fraction of sp³-hybridized carbons (Fsp3) is 0.138. The average Bonchev–Trinajstić information content (AvgIpc) is 3.99. The molecule has 8 aromatic carbocycles. The van der Waals surface area contributed by atoms with Crippen LogP contribution in [0.25, 0.3) is 110 Å². The third-order valence-electron chi connectivity index (χ3n) is 14.2. The molecule has 0 amide bonds. The van der Waals surface area contributed by atoms with Crippen LogP contribution in [0.1, 0.15) is 51.7 Å². The summed E-state index contributed by atoms with van der Waals surface area (Å²) in [6.07, 6.45) is 2.29. The molecular formula is C58H44N4O. The molecule has 5 heteroatoms. The second kappa shape index (κ2) is 13.0. The zero-order valence-electron chi connectivity index (χ0n) is 35.8. The van der Waals surface area contributed by atoms with Crippen LogP contribution in [0.2, 0.25) is 0 Å². The zero-order valence-corrected chi connectivity index (χ0v) is 35.8. The molecule has 0 saturated carbocycles. The van der Waals surface area contributed by atoms with Crippen molar-refractivity contribution in [2.45, 2.75) is 51.4 Å². The van der Waals surface area contributed by atoms with E-state index in [-0.39, 0.29) is 10.8 Å². The van der Waals surface area contributed by atoms with Crippen molar-refractivity contribution < 1.29 is 4.42 Å². The van der Waals surface area contributed by atoms with Crippen LogP contribution in [0.15, 0.2) is 174 Å². The molecule has 0 unspecified atom stereocenters. The molecule has 0 atom stereocenters. The third kappa shape index (κ3) is 5.11. The van der Waals surface area contributed by atoms with Gasteiger partial charge in [0.25, 0.3) is 0 Å². The first-order valence-corrected chi connectivity index (χ1v) is 22.1. The van der Waals surface area contributed by atoms with E-state index >= 15 is 0 Å². The minimum Gasteiger partial charge on any atom is -0.452 e. The maximum atomic E-state index is 6.76. The number of hydrogen-bond donors (Lipinski definition) is 0. The summed E-state index contributed by atoms with van der Waals surface area (Å²) in [6, 6.07) is 61.1. The van der Waals surface area contributed by atoms with Crippen LogP contribution >= 0.6 is 0 Å². The number of hydrogen-bond acceptors (Lipinski definition) is 3. The smallest absolute Gasteiger partial charge is 0.236 e. The Morgan fingerprint density at radius 2 is 1.03 bits per heavy atom. The lowest BCUT2D eigenvalue weighted by Crippen LogP contribution is -2.33. The van der Waals surface area contributed by atoms with Gasteiger partial charge in [0.05, 0.1) is 22.1 Å². The van der Waals surface area contributed by atoms with Gasteiger partial charge in [-0.15, -0.1) is 0 Å². The Kier molecular flexibility index (Phi) is 7.47. The number of para-hydroxylation sites is 3. The second-order valence-electron chi connectivity index (χ2n) is 18.8. The summed E-state index contributed by atoms with van der Waals surface area (Å²) < 4.78 is 11.6. The van der Waals surface area contributed by atoms with Crippen molar-refractivity contribution in [2.75, 3.05) is 0 Å². The second-order valence-corrected chi connectivity index (χ2v) is 18.8. The molecule has 0 saturated heterocycles. The van der Waals surface area contributed by atoms with E-state index in [2.05, 4.69) is 195 Å². The number of benzene rings is 8. The number of aromatic nitrogens is 4. The van der Waals surface area contributed by atoms with Crippen LogP contribution in [0, 0.1) is 0 Å². The van der Waals surface area contributed by atoms with Crippen LogP contribution in [0.5, 0.6) is 0 Å². The van der Waals surface area contributed by atoms with Crippen LogP contribution in [-0.2, 0) is 10.8 Å². The van der Waals surface area contributed by atoms with Crippen LogP contribution in [0.3, 0.4) is 0 Å². The molecule has 13 rings (SSSR count). The van der Waals surface area contributed by atoms with Crippen LogP contribution < -0.4 is 0 Å². The molecule has 63 heavy (non-hydrogen) atoms. The highest BCUT2D eigenvalue weighted by atomic mass is 16.3. The molecule has 0 fully saturated rings. The van der Waals surface area contributed by atoms with Gasteiger partial charge in [0.2, 0.25) is 5.95 Å². The van der Waals surface area contributed by atoms with Gasteiger partial charge in [-0.05, 0) is 99.2 Å². The van der Waals surface area contributed by atoms with E-state index in [4.69, 9.17) is 14.4 Å². The van der Waals surface area contributed by atoms with Crippen molar-refractivity contribution in [1.82, 2.24) is 19.1 Å². The third-order valence-corrected chi connectivity index (χ3v) is 14.2. The Hall–Kier alpha value is -7.50. The fourth-order valence-electron chi connectivity index (χ4n) is 11.0. The highest BCUT2D eigenvalue weighted by Crippen LogP contribution is 2.52. The standard InChI is InChI=1S/C58H44N4O/c1-57(2)31-32-58(3,4)45-34-47-43(33-44(45)57)50-39-25-13-12-24-38(39)49-41-27-15-17-29-46(41)62(54(49)53(50)61(47)36-21-9-6-10-22-36)56-59-51(55-52(60-56)42-28-16-18-30-48(42)63-55)40-26-14-11-23-37(40)35-19-7-5-8-20-35/h5-30,33-34H,31-32H2,1-4H3. The Morgan fingerprint density at radius 1 is 0.476 bits per heavy atom. The fourth-order valence-corrected chi connectivity index (χ4v) is 11.0. The van der Waals surface area contributed by atoms with Crippen LogP contribution in [-0.4, -0.2) is 19.1 Å². The molecule has 5 nitrogen and oxygen atoms in total. The molecule has 4 aromatic heterocycles. The van der Waals surface area contributed by atoms with E-state index in [1.165, 1.54) is 43.6 Å². The summed E-state index contributed by atoms with van der Waals surface area (Å²) in [4.78, 5) is 11.3. The van der Waals surface area contributed by atoms with Gasteiger partial charge >= 0.3 is 0 Å². The molecule has 1 aliphatic rings. The van der Waals surface area contributed by atoms with Gasteiger partial charge in [-0.25, -0.2) is 9.97 Å². The van der Waals surface area contributed by atoms with E-state index in [9.17, 15) is 0 Å². The molecule has 302 valence electrons. The zero-order chi connectivity index (χ0) is 42.2. The van der Waals surface area contributed by atoms with Gasteiger partial charge in [-0.1, -0.05) is 155 Å². The van der Waals surface area contributed by atoms with Crippen molar-refractivity contribution in [1.29, 1.82) is 0 Å². The predicted octanol–water partition coefficient (Wildman–Crippen LogP) is 15.4. The van der Waals surface area contributed by atoms with Crippen molar-refractivity contribution in [3.05, 3.63) is 181 Å². The summed E-state index contributed by atoms with van der Waals surface area (Å²) in [5.41, 5.74) is 14.8. The highest BCUT2D eigenvalue weighted by Gasteiger charge is 2.38. The average molecular weight is 813 g/mol. The predicted molar refractivity (Wildman–Crippen MR) is 262 cm³/mol. The van der Waals surface area contributed by atoms with E-state index in [0.29, 0.717) is 11.5 Å². The van der Waals surface area contributed by atoms with Crippen molar-refractivity contribution >= 4 is 76.5 Å². The number of rotatable bonds is 4.